The van der Waals surface area contributed by atoms with E-state index in [0.717, 1.165) is 34.1 Å². The molecular weight excluding hydrogens is 322 g/mol. The molecule has 2 aromatic carbocycles. The Kier molecular flexibility index (Phi) is 4.71. The number of thioether (sulfide) groups is 1. The normalized spacial score (nSPS) is 12.1. The van der Waals surface area contributed by atoms with Gasteiger partial charge >= 0.3 is 5.97 Å². The monoisotopic (exact) mass is 339 g/mol. The summed E-state index contributed by atoms with van der Waals surface area (Å²) in [7, 11) is 0. The molecule has 0 radical (unpaired) electrons. The highest BCUT2D eigenvalue weighted by Gasteiger charge is 2.21. The molecule has 0 aliphatic rings. The number of aryl methyl sites for hydroxylation is 1. The Morgan fingerprint density at radius 3 is 2.38 bits per heavy atom. The van der Waals surface area contributed by atoms with Gasteiger partial charge in [0.1, 0.15) is 10.9 Å². The van der Waals surface area contributed by atoms with Crippen LogP contribution in [0.25, 0.3) is 22.6 Å². The van der Waals surface area contributed by atoms with Crippen LogP contribution < -0.4 is 0 Å². The van der Waals surface area contributed by atoms with E-state index in [1.807, 2.05) is 61.5 Å². The lowest BCUT2D eigenvalue weighted by Crippen LogP contribution is -2.10. The minimum absolute atomic E-state index is 0.360. The fourth-order valence-corrected chi connectivity index (χ4v) is 2.92. The lowest BCUT2D eigenvalue weighted by atomic mass is 10.0. The Morgan fingerprint density at radius 2 is 1.75 bits per heavy atom. The van der Waals surface area contributed by atoms with E-state index >= 15 is 0 Å². The quantitative estimate of drug-likeness (QED) is 0.671. The molecule has 0 bridgehead atoms. The summed E-state index contributed by atoms with van der Waals surface area (Å²) in [6, 6.07) is 17.7. The third kappa shape index (κ3) is 3.51. The van der Waals surface area contributed by atoms with Crippen molar-refractivity contribution in [1.82, 2.24) is 4.98 Å². The van der Waals surface area contributed by atoms with Gasteiger partial charge < -0.3 is 9.52 Å². The predicted octanol–water partition coefficient (Wildman–Crippen LogP) is 4.88. The number of rotatable bonds is 5. The van der Waals surface area contributed by atoms with Gasteiger partial charge in [0.2, 0.25) is 0 Å². The molecule has 1 heterocycles. The van der Waals surface area contributed by atoms with Crippen LogP contribution in [-0.2, 0) is 4.79 Å². The van der Waals surface area contributed by atoms with Crippen LogP contribution in [0, 0.1) is 6.92 Å². The van der Waals surface area contributed by atoms with Crippen molar-refractivity contribution in [3.05, 3.63) is 60.2 Å². The van der Waals surface area contributed by atoms with Crippen molar-refractivity contribution < 1.29 is 14.3 Å². The molecule has 24 heavy (non-hydrogen) atoms. The molecule has 3 rings (SSSR count). The number of hydrogen-bond donors (Lipinski definition) is 1. The third-order valence-corrected chi connectivity index (χ3v) is 4.53. The van der Waals surface area contributed by atoms with Crippen molar-refractivity contribution in [2.24, 2.45) is 0 Å². The highest BCUT2D eigenvalue weighted by molar-refractivity contribution is 8.00. The molecule has 0 amide bonds. The topological polar surface area (TPSA) is 63.3 Å². The highest BCUT2D eigenvalue weighted by atomic mass is 32.2. The van der Waals surface area contributed by atoms with Gasteiger partial charge in [-0.3, -0.25) is 4.79 Å². The Hall–Kier alpha value is -2.53. The number of nitrogens with zero attached hydrogens (tertiary/aromatic N) is 1. The molecule has 1 atom stereocenters. The summed E-state index contributed by atoms with van der Waals surface area (Å²) in [5.41, 5.74) is 3.74. The van der Waals surface area contributed by atoms with E-state index in [-0.39, 0.29) is 0 Å². The molecule has 122 valence electrons. The van der Waals surface area contributed by atoms with Gasteiger partial charge in [0.25, 0.3) is 5.22 Å². The van der Waals surface area contributed by atoms with Gasteiger partial charge in [-0.05, 0) is 13.8 Å². The summed E-state index contributed by atoms with van der Waals surface area (Å²) in [4.78, 5) is 15.6. The maximum absolute atomic E-state index is 11.1. The lowest BCUT2D eigenvalue weighted by molar-refractivity contribution is -0.136. The van der Waals surface area contributed by atoms with Crippen LogP contribution in [0.4, 0.5) is 0 Å². The molecule has 4 nitrogen and oxygen atoms in total. The summed E-state index contributed by atoms with van der Waals surface area (Å²) >= 11 is 1.10. The number of benzene rings is 2. The number of hydrogen-bond acceptors (Lipinski definition) is 4. The third-order valence-electron chi connectivity index (χ3n) is 3.59. The second-order valence-electron chi connectivity index (χ2n) is 5.49. The zero-order valence-electron chi connectivity index (χ0n) is 13.4. The fourth-order valence-electron chi connectivity index (χ4n) is 2.24. The van der Waals surface area contributed by atoms with E-state index in [4.69, 9.17) is 9.52 Å². The smallest absolute Gasteiger partial charge is 0.316 e. The maximum atomic E-state index is 11.1. The number of carboxylic acid groups (broad SMARTS) is 1. The van der Waals surface area contributed by atoms with Crippen LogP contribution in [-0.4, -0.2) is 21.3 Å². The lowest BCUT2D eigenvalue weighted by Gasteiger charge is -2.02. The van der Waals surface area contributed by atoms with E-state index in [1.165, 1.54) is 0 Å². The first-order chi connectivity index (χ1) is 11.5. The number of oxazole rings is 1. The van der Waals surface area contributed by atoms with Gasteiger partial charge in [-0.15, -0.1) is 0 Å². The Labute approximate surface area is 144 Å². The van der Waals surface area contributed by atoms with E-state index < -0.39 is 11.2 Å². The highest BCUT2D eigenvalue weighted by Crippen LogP contribution is 2.36. The first-order valence-electron chi connectivity index (χ1n) is 7.57. The van der Waals surface area contributed by atoms with Gasteiger partial charge in [-0.1, -0.05) is 71.9 Å². The number of aliphatic carboxylic acids is 1. The fraction of sp³-hybridized carbons (Fsp3) is 0.158. The first-order valence-corrected chi connectivity index (χ1v) is 8.45. The van der Waals surface area contributed by atoms with E-state index in [0.29, 0.717) is 11.0 Å². The Balaban J connectivity index is 2.06. The van der Waals surface area contributed by atoms with Crippen molar-refractivity contribution in [2.45, 2.75) is 24.3 Å². The van der Waals surface area contributed by atoms with Crippen LogP contribution in [0.5, 0.6) is 0 Å². The molecule has 0 fully saturated rings. The van der Waals surface area contributed by atoms with Gasteiger partial charge in [-0.2, -0.15) is 0 Å². The average Bonchev–Trinajstić information content (AvgIpc) is 3.00. The van der Waals surface area contributed by atoms with Crippen molar-refractivity contribution in [2.75, 3.05) is 0 Å². The van der Waals surface area contributed by atoms with Crippen LogP contribution in [0.3, 0.4) is 0 Å². The molecule has 0 saturated carbocycles. The van der Waals surface area contributed by atoms with Crippen molar-refractivity contribution in [3.63, 3.8) is 0 Å². The van der Waals surface area contributed by atoms with E-state index in [9.17, 15) is 4.79 Å². The van der Waals surface area contributed by atoms with Gasteiger partial charge in [0, 0.05) is 11.1 Å². The minimum Gasteiger partial charge on any atom is -0.480 e. The zero-order valence-corrected chi connectivity index (χ0v) is 14.2. The molecule has 0 aliphatic carbocycles. The van der Waals surface area contributed by atoms with Crippen LogP contribution in [0.15, 0.2) is 64.2 Å². The molecule has 5 heteroatoms. The van der Waals surface area contributed by atoms with Crippen LogP contribution in [0.1, 0.15) is 12.5 Å². The molecular formula is C19H17NO3S. The van der Waals surface area contributed by atoms with E-state index in [2.05, 4.69) is 4.98 Å². The number of aromatic nitrogens is 1. The second kappa shape index (κ2) is 6.93. The van der Waals surface area contributed by atoms with Crippen molar-refractivity contribution >= 4 is 17.7 Å². The Bertz CT molecular complexity index is 841. The molecule has 3 aromatic rings. The molecule has 0 saturated heterocycles. The predicted molar refractivity (Wildman–Crippen MR) is 95.1 cm³/mol. The van der Waals surface area contributed by atoms with Crippen molar-refractivity contribution in [1.29, 1.82) is 0 Å². The Morgan fingerprint density at radius 1 is 1.08 bits per heavy atom. The summed E-state index contributed by atoms with van der Waals surface area (Å²) in [5, 5.41) is 8.83. The molecule has 1 aromatic heterocycles. The standard InChI is InChI=1S/C19H17NO3S/c1-12-8-10-14(11-9-12)16-17(15-6-4-3-5-7-15)23-19(20-16)24-13(2)18(21)22/h3-11,13H,1-2H3,(H,21,22). The van der Waals surface area contributed by atoms with Crippen LogP contribution >= 0.6 is 11.8 Å². The largest absolute Gasteiger partial charge is 0.480 e. The molecule has 1 unspecified atom stereocenters. The summed E-state index contributed by atoms with van der Waals surface area (Å²) < 4.78 is 5.89. The minimum atomic E-state index is -0.892. The zero-order chi connectivity index (χ0) is 17.1. The molecule has 0 spiro atoms. The summed E-state index contributed by atoms with van der Waals surface area (Å²) in [6.07, 6.45) is 0. The molecule has 1 N–H and O–H groups in total. The number of carbonyl (C=O) groups is 1. The van der Waals surface area contributed by atoms with Gasteiger partial charge in [0.15, 0.2) is 5.76 Å². The van der Waals surface area contributed by atoms with Gasteiger partial charge in [0.05, 0.1) is 0 Å². The average molecular weight is 339 g/mol. The van der Waals surface area contributed by atoms with E-state index in [1.54, 1.807) is 6.92 Å². The first kappa shape index (κ1) is 16.3. The summed E-state index contributed by atoms with van der Waals surface area (Å²) in [6.45, 7) is 3.64. The summed E-state index contributed by atoms with van der Waals surface area (Å²) in [5.74, 6) is -0.240. The van der Waals surface area contributed by atoms with Crippen molar-refractivity contribution in [3.8, 4) is 22.6 Å². The second-order valence-corrected chi connectivity index (χ2v) is 6.78. The van der Waals surface area contributed by atoms with Crippen LogP contribution in [0.2, 0.25) is 0 Å². The van der Waals surface area contributed by atoms with Gasteiger partial charge in [-0.25, -0.2) is 4.98 Å². The molecule has 0 aliphatic heterocycles. The number of carboxylic acids is 1. The SMILES string of the molecule is Cc1ccc(-c2nc(SC(C)C(=O)O)oc2-c2ccccc2)cc1. The maximum Gasteiger partial charge on any atom is 0.316 e.